The van der Waals surface area contributed by atoms with E-state index in [2.05, 4.69) is 37.9 Å². The van der Waals surface area contributed by atoms with Gasteiger partial charge >= 0.3 is 0 Å². The van der Waals surface area contributed by atoms with Crippen LogP contribution in [0.4, 0.5) is 0 Å². The van der Waals surface area contributed by atoms with Gasteiger partial charge in [-0.1, -0.05) is 13.8 Å². The average Bonchev–Trinajstić information content (AvgIpc) is 2.32. The Kier molecular flexibility index (Phi) is 7.29. The second kappa shape index (κ2) is 7.34. The molecule has 1 fully saturated rings. The molecule has 104 valence electrons. The first-order valence-corrected chi connectivity index (χ1v) is 6.89. The first-order chi connectivity index (χ1) is 7.87. The molecule has 1 aliphatic rings. The third kappa shape index (κ3) is 5.84. The van der Waals surface area contributed by atoms with E-state index in [1.165, 1.54) is 0 Å². The number of ether oxygens (including phenoxy) is 1. The molecule has 0 spiro atoms. The fraction of sp³-hybridized carbons (Fsp3) is 1.00. The van der Waals surface area contributed by atoms with Crippen molar-refractivity contribution in [1.82, 2.24) is 10.2 Å². The Hall–Kier alpha value is -0.120. The van der Waals surface area contributed by atoms with Gasteiger partial charge in [0, 0.05) is 24.2 Å². The van der Waals surface area contributed by atoms with Gasteiger partial charge in [0.25, 0.3) is 0 Å². The highest BCUT2D eigenvalue weighted by Gasteiger charge is 2.33. The summed E-state index contributed by atoms with van der Waals surface area (Å²) in [4.78, 5) is 2.54. The van der Waals surface area contributed by atoms with E-state index in [1.807, 2.05) is 20.9 Å². The lowest BCUT2D eigenvalue weighted by atomic mass is 9.85. The van der Waals surface area contributed by atoms with Gasteiger partial charge in [-0.25, -0.2) is 0 Å². The summed E-state index contributed by atoms with van der Waals surface area (Å²) < 4.78 is 5.39. The summed E-state index contributed by atoms with van der Waals surface area (Å²) in [5.74, 6) is 0. The van der Waals surface area contributed by atoms with Crippen molar-refractivity contribution in [1.29, 1.82) is 0 Å². The molecule has 3 heteroatoms. The van der Waals surface area contributed by atoms with Crippen LogP contribution < -0.4 is 5.32 Å². The van der Waals surface area contributed by atoms with Gasteiger partial charge < -0.3 is 10.1 Å². The first kappa shape index (κ1) is 16.9. The second-order valence-electron chi connectivity index (χ2n) is 5.72. The summed E-state index contributed by atoms with van der Waals surface area (Å²) in [7, 11) is 2.04. The molecule has 0 aromatic heterocycles. The number of nitrogens with one attached hydrogen (secondary N) is 1. The summed E-state index contributed by atoms with van der Waals surface area (Å²) >= 11 is 0. The Morgan fingerprint density at radius 3 is 1.94 bits per heavy atom. The molecule has 1 saturated heterocycles. The predicted octanol–water partition coefficient (Wildman–Crippen LogP) is 2.51. The monoisotopic (exact) mass is 244 g/mol. The Labute approximate surface area is 108 Å². The van der Waals surface area contributed by atoms with E-state index in [-0.39, 0.29) is 11.1 Å². The molecule has 0 aliphatic carbocycles. The van der Waals surface area contributed by atoms with E-state index in [1.54, 1.807) is 0 Å². The molecule has 0 radical (unpaired) electrons. The highest BCUT2D eigenvalue weighted by Crippen LogP contribution is 2.26. The molecular formula is C14H32N2O. The van der Waals surface area contributed by atoms with Gasteiger partial charge in [0.2, 0.25) is 0 Å². The summed E-state index contributed by atoms with van der Waals surface area (Å²) in [6.45, 7) is 17.1. The third-order valence-electron chi connectivity index (χ3n) is 3.42. The molecule has 1 aliphatic heterocycles. The van der Waals surface area contributed by atoms with Crippen LogP contribution in [0.1, 0.15) is 48.0 Å². The van der Waals surface area contributed by atoms with Crippen LogP contribution in [0.3, 0.4) is 0 Å². The second-order valence-corrected chi connectivity index (χ2v) is 5.72. The average molecular weight is 244 g/mol. The SMILES string of the molecule is CC.CNC(C)(C)CC(C)(C)N1CCOCC1. The minimum absolute atomic E-state index is 0.196. The summed E-state index contributed by atoms with van der Waals surface area (Å²) in [5.41, 5.74) is 0.443. The Balaban J connectivity index is 0.00000121. The molecule has 0 aromatic carbocycles. The molecule has 0 amide bonds. The van der Waals surface area contributed by atoms with Crippen LogP contribution in [0.5, 0.6) is 0 Å². The molecule has 1 heterocycles. The molecule has 0 bridgehead atoms. The summed E-state index contributed by atoms with van der Waals surface area (Å²) in [5, 5.41) is 3.38. The lowest BCUT2D eigenvalue weighted by molar-refractivity contribution is -0.0199. The largest absolute Gasteiger partial charge is 0.379 e. The van der Waals surface area contributed by atoms with E-state index >= 15 is 0 Å². The van der Waals surface area contributed by atoms with E-state index in [0.717, 1.165) is 32.7 Å². The van der Waals surface area contributed by atoms with Crippen molar-refractivity contribution in [2.24, 2.45) is 0 Å². The van der Waals surface area contributed by atoms with Crippen LogP contribution in [-0.2, 0) is 4.74 Å². The van der Waals surface area contributed by atoms with Crippen LogP contribution in [0.25, 0.3) is 0 Å². The van der Waals surface area contributed by atoms with Crippen molar-refractivity contribution in [2.75, 3.05) is 33.4 Å². The van der Waals surface area contributed by atoms with Crippen molar-refractivity contribution in [2.45, 2.75) is 59.0 Å². The fourth-order valence-electron chi connectivity index (χ4n) is 2.45. The molecule has 1 N–H and O–H groups in total. The van der Waals surface area contributed by atoms with Crippen molar-refractivity contribution in [3.63, 3.8) is 0 Å². The summed E-state index contributed by atoms with van der Waals surface area (Å²) in [6.07, 6.45) is 1.15. The van der Waals surface area contributed by atoms with Crippen LogP contribution in [0.15, 0.2) is 0 Å². The number of nitrogens with zero attached hydrogens (tertiary/aromatic N) is 1. The predicted molar refractivity (Wildman–Crippen MR) is 75.6 cm³/mol. The molecule has 1 rings (SSSR count). The zero-order valence-corrected chi connectivity index (χ0v) is 12.9. The van der Waals surface area contributed by atoms with Crippen molar-refractivity contribution >= 4 is 0 Å². The fourth-order valence-corrected chi connectivity index (χ4v) is 2.45. The Morgan fingerprint density at radius 1 is 1.06 bits per heavy atom. The maximum Gasteiger partial charge on any atom is 0.0594 e. The van der Waals surface area contributed by atoms with Gasteiger partial charge in [-0.05, 0) is 41.2 Å². The lowest BCUT2D eigenvalue weighted by Gasteiger charge is -2.44. The van der Waals surface area contributed by atoms with Crippen LogP contribution >= 0.6 is 0 Å². The van der Waals surface area contributed by atoms with Gasteiger partial charge in [0.1, 0.15) is 0 Å². The van der Waals surface area contributed by atoms with Crippen molar-refractivity contribution < 1.29 is 4.74 Å². The number of hydrogen-bond acceptors (Lipinski definition) is 3. The van der Waals surface area contributed by atoms with Crippen molar-refractivity contribution in [3.05, 3.63) is 0 Å². The molecule has 3 nitrogen and oxygen atoms in total. The number of morpholine rings is 1. The highest BCUT2D eigenvalue weighted by molar-refractivity contribution is 4.91. The summed E-state index contributed by atoms with van der Waals surface area (Å²) in [6, 6.07) is 0. The van der Waals surface area contributed by atoms with Gasteiger partial charge in [0.05, 0.1) is 13.2 Å². The third-order valence-corrected chi connectivity index (χ3v) is 3.42. The quantitative estimate of drug-likeness (QED) is 0.822. The first-order valence-electron chi connectivity index (χ1n) is 6.89. The highest BCUT2D eigenvalue weighted by atomic mass is 16.5. The molecule has 0 atom stereocenters. The molecular weight excluding hydrogens is 212 g/mol. The van der Waals surface area contributed by atoms with Gasteiger partial charge in [-0.15, -0.1) is 0 Å². The van der Waals surface area contributed by atoms with Crippen LogP contribution in [0.2, 0.25) is 0 Å². The minimum Gasteiger partial charge on any atom is -0.379 e. The smallest absolute Gasteiger partial charge is 0.0594 e. The van der Waals surface area contributed by atoms with Crippen molar-refractivity contribution in [3.8, 4) is 0 Å². The normalized spacial score (nSPS) is 18.5. The maximum absolute atomic E-state index is 5.39. The zero-order valence-electron chi connectivity index (χ0n) is 12.9. The Morgan fingerprint density at radius 2 is 1.53 bits per heavy atom. The van der Waals surface area contributed by atoms with Gasteiger partial charge in [-0.2, -0.15) is 0 Å². The van der Waals surface area contributed by atoms with Crippen LogP contribution in [0, 0.1) is 0 Å². The zero-order chi connectivity index (χ0) is 13.5. The standard InChI is InChI=1S/C12H26N2O.C2H6/c1-11(2,13-5)10-12(3,4)14-6-8-15-9-7-14;1-2/h13H,6-10H2,1-5H3;1-2H3. The minimum atomic E-state index is 0.196. The van der Waals surface area contributed by atoms with Gasteiger partial charge in [0.15, 0.2) is 0 Å². The van der Waals surface area contributed by atoms with E-state index in [4.69, 9.17) is 4.74 Å². The topological polar surface area (TPSA) is 24.5 Å². The van der Waals surface area contributed by atoms with Crippen LogP contribution in [-0.4, -0.2) is 49.3 Å². The molecule has 17 heavy (non-hydrogen) atoms. The lowest BCUT2D eigenvalue weighted by Crippen LogP contribution is -2.54. The molecule has 0 aromatic rings. The van der Waals surface area contributed by atoms with E-state index < -0.39 is 0 Å². The van der Waals surface area contributed by atoms with E-state index in [0.29, 0.717) is 0 Å². The molecule has 0 unspecified atom stereocenters. The maximum atomic E-state index is 5.39. The van der Waals surface area contributed by atoms with Gasteiger partial charge in [-0.3, -0.25) is 4.90 Å². The Bertz CT molecular complexity index is 196. The molecule has 0 saturated carbocycles. The van der Waals surface area contributed by atoms with E-state index in [9.17, 15) is 0 Å². The number of hydrogen-bond donors (Lipinski definition) is 1. The number of rotatable bonds is 4.